The van der Waals surface area contributed by atoms with Crippen molar-refractivity contribution in [1.82, 2.24) is 20.3 Å². The van der Waals surface area contributed by atoms with Gasteiger partial charge in [-0.2, -0.15) is 18.4 Å². The van der Waals surface area contributed by atoms with Crippen molar-refractivity contribution >= 4 is 11.0 Å². The molecule has 10 heteroatoms. The lowest BCUT2D eigenvalue weighted by molar-refractivity contribution is -0.138. The molecule has 198 valence electrons. The van der Waals surface area contributed by atoms with E-state index in [1.807, 2.05) is 6.07 Å². The minimum Gasteiger partial charge on any atom is -0.493 e. The van der Waals surface area contributed by atoms with Gasteiger partial charge in [-0.25, -0.2) is 9.97 Å². The van der Waals surface area contributed by atoms with Gasteiger partial charge in [0.05, 0.1) is 29.9 Å². The first-order chi connectivity index (χ1) is 16.5. The van der Waals surface area contributed by atoms with Crippen LogP contribution >= 0.6 is 0 Å². The normalized spacial score (nSPS) is 11.2. The van der Waals surface area contributed by atoms with Crippen molar-refractivity contribution in [3.8, 4) is 23.1 Å². The number of pyridine rings is 1. The van der Waals surface area contributed by atoms with Crippen molar-refractivity contribution in [2.45, 2.75) is 54.8 Å². The largest absolute Gasteiger partial charge is 0.493 e. The van der Waals surface area contributed by atoms with E-state index in [-0.39, 0.29) is 36.7 Å². The van der Waals surface area contributed by atoms with Crippen molar-refractivity contribution < 1.29 is 17.9 Å². The van der Waals surface area contributed by atoms with Crippen LogP contribution in [0.15, 0.2) is 24.3 Å². The Morgan fingerprint density at radius 3 is 2.33 bits per heavy atom. The van der Waals surface area contributed by atoms with Gasteiger partial charge in [0.1, 0.15) is 23.2 Å². The van der Waals surface area contributed by atoms with Crippen LogP contribution in [0.5, 0.6) is 5.75 Å². The second-order valence-corrected chi connectivity index (χ2v) is 8.84. The highest BCUT2D eigenvalue weighted by Gasteiger charge is 2.35. The van der Waals surface area contributed by atoms with Gasteiger partial charge >= 0.3 is 6.18 Å². The first-order valence-corrected chi connectivity index (χ1v) is 11.5. The zero-order chi connectivity index (χ0) is 26.2. The summed E-state index contributed by atoms with van der Waals surface area (Å²) in [5, 5.41) is 12.7. The van der Waals surface area contributed by atoms with Crippen LogP contribution in [0.2, 0.25) is 0 Å². The van der Waals surface area contributed by atoms with Crippen LogP contribution in [-0.4, -0.2) is 34.6 Å². The highest BCUT2D eigenvalue weighted by molar-refractivity contribution is 5.84. The number of nitrogens with two attached hydrogens (primary N) is 1. The van der Waals surface area contributed by atoms with E-state index >= 15 is 0 Å². The minimum atomic E-state index is -4.58. The molecule has 0 aliphatic heterocycles. The lowest BCUT2D eigenvalue weighted by Gasteiger charge is -2.14. The first kappa shape index (κ1) is 30.9. The Kier molecular flexibility index (Phi) is 11.8. The van der Waals surface area contributed by atoms with Gasteiger partial charge in [-0.3, -0.25) is 0 Å². The highest BCUT2D eigenvalue weighted by Crippen LogP contribution is 2.39. The van der Waals surface area contributed by atoms with Gasteiger partial charge in [0, 0.05) is 5.56 Å². The predicted octanol–water partition coefficient (Wildman–Crippen LogP) is 5.90. The maximum Gasteiger partial charge on any atom is 0.419 e. The van der Waals surface area contributed by atoms with Crippen LogP contribution in [0.1, 0.15) is 59.1 Å². The number of hydrogen-bond acceptors (Lipinski definition) is 6. The fraction of sp³-hybridized carbons (Fsp3) is 0.500. The van der Waals surface area contributed by atoms with Gasteiger partial charge in [0.25, 0.3) is 0 Å². The molecule has 0 aliphatic rings. The molecule has 0 radical (unpaired) electrons. The number of benzene rings is 1. The number of halogens is 3. The number of rotatable bonds is 8. The van der Waals surface area contributed by atoms with Crippen molar-refractivity contribution in [2.75, 3.05) is 19.7 Å². The molecule has 0 unspecified atom stereocenters. The van der Waals surface area contributed by atoms with Crippen LogP contribution < -0.4 is 15.8 Å². The standard InChI is InChI=1S/C21H22F3N5O.C4H11N.CH4/c1-4-30-18-6-5-13(7-14(18)21(22,23)24)15-8-16-20(17(9-25)27-15)29-19(28-16)11-26-10-12(2)3;1-4(2)3-5;/h5-8,12,26H,4,10-11H2,1-3H3,(H,28,29);4H,3,5H2,1-2H3;1H4. The van der Waals surface area contributed by atoms with Crippen LogP contribution in [0.3, 0.4) is 0 Å². The molecule has 0 aliphatic carbocycles. The maximum absolute atomic E-state index is 13.5. The van der Waals surface area contributed by atoms with E-state index in [1.54, 1.807) is 13.0 Å². The van der Waals surface area contributed by atoms with Gasteiger partial charge in [0.2, 0.25) is 0 Å². The van der Waals surface area contributed by atoms with Crippen LogP contribution in [-0.2, 0) is 12.7 Å². The molecule has 7 nitrogen and oxygen atoms in total. The summed E-state index contributed by atoms with van der Waals surface area (Å²) >= 11 is 0. The van der Waals surface area contributed by atoms with E-state index in [4.69, 9.17) is 10.5 Å². The molecule has 3 aromatic rings. The Bertz CT molecular complexity index is 1150. The monoisotopic (exact) mass is 506 g/mol. The molecular formula is C26H37F3N6O. The van der Waals surface area contributed by atoms with Gasteiger partial charge in [-0.05, 0) is 56.1 Å². The summed E-state index contributed by atoms with van der Waals surface area (Å²) in [6, 6.07) is 7.34. The molecule has 4 N–H and O–H groups in total. The lowest BCUT2D eigenvalue weighted by atomic mass is 10.1. The Morgan fingerprint density at radius 2 is 1.81 bits per heavy atom. The van der Waals surface area contributed by atoms with Crippen molar-refractivity contribution in [2.24, 2.45) is 17.6 Å². The molecule has 36 heavy (non-hydrogen) atoms. The fourth-order valence-corrected chi connectivity index (χ4v) is 3.05. The first-order valence-electron chi connectivity index (χ1n) is 11.5. The molecule has 0 fully saturated rings. The Balaban J connectivity index is 0.000000983. The zero-order valence-corrected chi connectivity index (χ0v) is 20.8. The number of imidazole rings is 1. The fourth-order valence-electron chi connectivity index (χ4n) is 3.05. The number of H-pyrrole nitrogens is 1. The highest BCUT2D eigenvalue weighted by atomic mass is 19.4. The zero-order valence-electron chi connectivity index (χ0n) is 20.8. The Labute approximate surface area is 211 Å². The van der Waals surface area contributed by atoms with Gasteiger partial charge in [-0.1, -0.05) is 35.1 Å². The summed E-state index contributed by atoms with van der Waals surface area (Å²) in [7, 11) is 0. The molecular weight excluding hydrogens is 469 g/mol. The summed E-state index contributed by atoms with van der Waals surface area (Å²) < 4.78 is 45.5. The third-order valence-corrected chi connectivity index (χ3v) is 4.82. The number of nitriles is 1. The quantitative estimate of drug-likeness (QED) is 0.351. The number of aromatic nitrogens is 3. The molecule has 0 saturated carbocycles. The number of nitrogens with one attached hydrogen (secondary N) is 2. The molecule has 3 rings (SSSR count). The number of hydrogen-bond donors (Lipinski definition) is 3. The molecule has 2 aromatic heterocycles. The van der Waals surface area contributed by atoms with Crippen LogP contribution in [0, 0.1) is 23.2 Å². The Hall–Kier alpha value is -3.16. The van der Waals surface area contributed by atoms with Gasteiger partial charge in [0.15, 0.2) is 5.69 Å². The van der Waals surface area contributed by atoms with E-state index < -0.39 is 11.7 Å². The SMILES string of the molecule is C.CC(C)CN.CCOc1ccc(-c2cc3[nH]c(CNCC(C)C)nc3c(C#N)n2)cc1C(F)(F)F. The number of nitrogens with zero attached hydrogens (tertiary/aromatic N) is 3. The summed E-state index contributed by atoms with van der Waals surface area (Å²) in [5.41, 5.74) is 5.76. The third kappa shape index (κ3) is 8.50. The summed E-state index contributed by atoms with van der Waals surface area (Å²) in [4.78, 5) is 11.8. The van der Waals surface area contributed by atoms with Crippen molar-refractivity contribution in [3.63, 3.8) is 0 Å². The maximum atomic E-state index is 13.5. The van der Waals surface area contributed by atoms with E-state index in [0.717, 1.165) is 19.2 Å². The van der Waals surface area contributed by atoms with Gasteiger partial charge < -0.3 is 20.8 Å². The molecule has 0 amide bonds. The second kappa shape index (κ2) is 13.8. The van der Waals surface area contributed by atoms with Gasteiger partial charge in [-0.15, -0.1) is 0 Å². The summed E-state index contributed by atoms with van der Waals surface area (Å²) in [6.45, 7) is 12.2. The topological polar surface area (TPSA) is 113 Å². The molecule has 2 heterocycles. The number of ether oxygens (including phenoxy) is 1. The number of fused-ring (bicyclic) bond motifs is 1. The molecule has 0 atom stereocenters. The van der Waals surface area contributed by atoms with E-state index in [2.05, 4.69) is 48.0 Å². The number of aromatic amines is 1. The lowest BCUT2D eigenvalue weighted by Crippen LogP contribution is -2.19. The molecule has 0 saturated heterocycles. The van der Waals surface area contributed by atoms with Crippen LogP contribution in [0.25, 0.3) is 22.3 Å². The van der Waals surface area contributed by atoms with Crippen molar-refractivity contribution in [1.29, 1.82) is 5.26 Å². The smallest absolute Gasteiger partial charge is 0.419 e. The van der Waals surface area contributed by atoms with Crippen LogP contribution in [0.4, 0.5) is 13.2 Å². The average Bonchev–Trinajstić information content (AvgIpc) is 3.21. The van der Waals surface area contributed by atoms with E-state index in [9.17, 15) is 18.4 Å². The summed E-state index contributed by atoms with van der Waals surface area (Å²) in [5.74, 6) is 1.52. The summed E-state index contributed by atoms with van der Waals surface area (Å²) in [6.07, 6.45) is -4.58. The third-order valence-electron chi connectivity index (χ3n) is 4.82. The molecule has 0 spiro atoms. The average molecular weight is 507 g/mol. The minimum absolute atomic E-state index is 0. The van der Waals surface area contributed by atoms with Crippen molar-refractivity contribution in [3.05, 3.63) is 41.3 Å². The predicted molar refractivity (Wildman–Crippen MR) is 137 cm³/mol. The van der Waals surface area contributed by atoms with E-state index in [1.165, 1.54) is 12.1 Å². The number of alkyl halides is 3. The molecule has 0 bridgehead atoms. The Morgan fingerprint density at radius 1 is 1.14 bits per heavy atom. The molecule has 1 aromatic carbocycles. The van der Waals surface area contributed by atoms with E-state index in [0.29, 0.717) is 35.2 Å². The second-order valence-electron chi connectivity index (χ2n) is 8.84.